The second kappa shape index (κ2) is 6.81. The van der Waals surface area contributed by atoms with Gasteiger partial charge in [0.25, 0.3) is 0 Å². The van der Waals surface area contributed by atoms with Gasteiger partial charge in [-0.25, -0.2) is 8.42 Å². The van der Waals surface area contributed by atoms with Gasteiger partial charge in [-0.1, -0.05) is 29.8 Å². The van der Waals surface area contributed by atoms with Crippen LogP contribution in [0.15, 0.2) is 53.4 Å². The number of benzene rings is 2. The molecule has 2 rings (SSSR count). The normalized spacial score (nSPS) is 11.0. The van der Waals surface area contributed by atoms with Gasteiger partial charge in [-0.05, 0) is 30.3 Å². The van der Waals surface area contributed by atoms with Gasteiger partial charge in [0.05, 0.1) is 22.2 Å². The Kier molecular flexibility index (Phi) is 5.05. The predicted octanol–water partition coefficient (Wildman–Crippen LogP) is 2.79. The molecule has 2 N–H and O–H groups in total. The van der Waals surface area contributed by atoms with Crippen molar-refractivity contribution in [1.29, 1.82) is 0 Å². The Morgan fingerprint density at radius 3 is 2.55 bits per heavy atom. The number of amides is 1. The van der Waals surface area contributed by atoms with Crippen LogP contribution in [0.4, 0.5) is 11.4 Å². The molecule has 0 aliphatic rings. The smallest absolute Gasteiger partial charge is 0.243 e. The summed E-state index contributed by atoms with van der Waals surface area (Å²) in [6.45, 7) is -0.00155. The average molecular weight is 339 g/mol. The van der Waals surface area contributed by atoms with E-state index in [4.69, 9.17) is 11.6 Å². The van der Waals surface area contributed by atoms with Crippen LogP contribution in [0.2, 0.25) is 5.02 Å². The lowest BCUT2D eigenvalue weighted by Gasteiger charge is -2.09. The van der Waals surface area contributed by atoms with Gasteiger partial charge in [-0.3, -0.25) is 4.79 Å². The molecule has 116 valence electrons. The molecule has 5 nitrogen and oxygen atoms in total. The molecule has 0 bridgehead atoms. The van der Waals surface area contributed by atoms with Crippen molar-refractivity contribution < 1.29 is 13.2 Å². The van der Waals surface area contributed by atoms with Crippen molar-refractivity contribution in [2.24, 2.45) is 0 Å². The van der Waals surface area contributed by atoms with Gasteiger partial charge in [-0.2, -0.15) is 0 Å². The first kappa shape index (κ1) is 16.3. The van der Waals surface area contributed by atoms with Crippen molar-refractivity contribution in [3.63, 3.8) is 0 Å². The third-order valence-corrected chi connectivity index (χ3v) is 4.30. The summed E-state index contributed by atoms with van der Waals surface area (Å²) in [4.78, 5) is 12.1. The predicted molar refractivity (Wildman–Crippen MR) is 88.1 cm³/mol. The molecule has 0 radical (unpaired) electrons. The lowest BCUT2D eigenvalue weighted by molar-refractivity contribution is -0.114. The molecule has 0 heterocycles. The zero-order valence-corrected chi connectivity index (χ0v) is 13.4. The average Bonchev–Trinajstić information content (AvgIpc) is 2.47. The number of nitrogens with one attached hydrogen (secondary N) is 2. The van der Waals surface area contributed by atoms with Gasteiger partial charge in [0.15, 0.2) is 9.84 Å². The van der Waals surface area contributed by atoms with Crippen LogP contribution in [0.3, 0.4) is 0 Å². The Labute approximate surface area is 134 Å². The molecule has 0 aliphatic carbocycles. The van der Waals surface area contributed by atoms with Gasteiger partial charge in [0.2, 0.25) is 5.91 Å². The highest BCUT2D eigenvalue weighted by Gasteiger charge is 2.08. The summed E-state index contributed by atoms with van der Waals surface area (Å²) in [5.41, 5.74) is 1.08. The fourth-order valence-electron chi connectivity index (χ4n) is 1.78. The van der Waals surface area contributed by atoms with E-state index in [1.54, 1.807) is 36.4 Å². The molecule has 0 atom stereocenters. The third kappa shape index (κ3) is 4.47. The van der Waals surface area contributed by atoms with Crippen LogP contribution < -0.4 is 10.6 Å². The van der Waals surface area contributed by atoms with Crippen LogP contribution in [-0.2, 0) is 14.6 Å². The number of carbonyl (C=O) groups is 1. The molecule has 0 aliphatic heterocycles. The summed E-state index contributed by atoms with van der Waals surface area (Å²) in [7, 11) is -3.28. The van der Waals surface area contributed by atoms with Crippen LogP contribution >= 0.6 is 11.6 Å². The number of hydrogen-bond donors (Lipinski definition) is 2. The van der Waals surface area contributed by atoms with E-state index in [1.807, 2.05) is 0 Å². The van der Waals surface area contributed by atoms with E-state index in [-0.39, 0.29) is 17.3 Å². The molecule has 0 unspecified atom stereocenters. The molecule has 0 fully saturated rings. The van der Waals surface area contributed by atoms with Crippen LogP contribution in [0.5, 0.6) is 0 Å². The lowest BCUT2D eigenvalue weighted by atomic mass is 10.3. The summed E-state index contributed by atoms with van der Waals surface area (Å²) in [5, 5.41) is 6.00. The Morgan fingerprint density at radius 2 is 1.86 bits per heavy atom. The zero-order chi connectivity index (χ0) is 16.2. The zero-order valence-electron chi connectivity index (χ0n) is 11.8. The van der Waals surface area contributed by atoms with Gasteiger partial charge in [-0.15, -0.1) is 0 Å². The summed E-state index contributed by atoms with van der Waals surface area (Å²) < 4.78 is 23.0. The minimum atomic E-state index is -3.28. The van der Waals surface area contributed by atoms with Gasteiger partial charge in [0, 0.05) is 11.9 Å². The van der Waals surface area contributed by atoms with Gasteiger partial charge >= 0.3 is 0 Å². The van der Waals surface area contributed by atoms with Crippen molar-refractivity contribution in [2.75, 3.05) is 23.4 Å². The van der Waals surface area contributed by atoms with E-state index in [9.17, 15) is 13.2 Å². The van der Waals surface area contributed by atoms with E-state index in [1.165, 1.54) is 12.1 Å². The number of hydrogen-bond acceptors (Lipinski definition) is 4. The third-order valence-electron chi connectivity index (χ3n) is 2.86. The lowest BCUT2D eigenvalue weighted by Crippen LogP contribution is -2.22. The summed E-state index contributed by atoms with van der Waals surface area (Å²) in [6.07, 6.45) is 1.14. The number of anilines is 2. The maximum atomic E-state index is 11.9. The second-order valence-electron chi connectivity index (χ2n) is 4.68. The number of sulfone groups is 1. The fraction of sp³-hybridized carbons (Fsp3) is 0.133. The summed E-state index contributed by atoms with van der Waals surface area (Å²) in [5.74, 6) is -0.280. The van der Waals surface area contributed by atoms with Crippen LogP contribution in [0.1, 0.15) is 0 Å². The van der Waals surface area contributed by atoms with Crippen molar-refractivity contribution in [3.8, 4) is 0 Å². The molecule has 0 aromatic heterocycles. The molecule has 0 spiro atoms. The van der Waals surface area contributed by atoms with Crippen LogP contribution in [0.25, 0.3) is 0 Å². The molecular weight excluding hydrogens is 324 g/mol. The molecule has 0 saturated carbocycles. The largest absolute Gasteiger partial charge is 0.376 e. The first-order valence-electron chi connectivity index (χ1n) is 6.44. The van der Waals surface area contributed by atoms with Crippen molar-refractivity contribution >= 4 is 38.7 Å². The van der Waals surface area contributed by atoms with Crippen molar-refractivity contribution in [2.45, 2.75) is 4.90 Å². The topological polar surface area (TPSA) is 75.3 Å². The highest BCUT2D eigenvalue weighted by molar-refractivity contribution is 7.90. The minimum absolute atomic E-state index is 0.00155. The first-order valence-corrected chi connectivity index (χ1v) is 8.71. The minimum Gasteiger partial charge on any atom is -0.376 e. The highest BCUT2D eigenvalue weighted by atomic mass is 35.5. The number of halogens is 1. The Hall–Kier alpha value is -2.05. The summed E-state index contributed by atoms with van der Waals surface area (Å²) in [6, 6.07) is 13.2. The van der Waals surface area contributed by atoms with Gasteiger partial charge in [0.1, 0.15) is 0 Å². The van der Waals surface area contributed by atoms with E-state index in [0.29, 0.717) is 16.4 Å². The Morgan fingerprint density at radius 1 is 1.14 bits per heavy atom. The van der Waals surface area contributed by atoms with Crippen LogP contribution in [-0.4, -0.2) is 27.1 Å². The maximum absolute atomic E-state index is 11.9. The highest BCUT2D eigenvalue weighted by Crippen LogP contribution is 2.20. The van der Waals surface area contributed by atoms with Crippen LogP contribution in [0, 0.1) is 0 Å². The number of carbonyl (C=O) groups excluding carboxylic acids is 1. The summed E-state index contributed by atoms with van der Waals surface area (Å²) >= 11 is 5.95. The molecule has 0 saturated heterocycles. The first-order chi connectivity index (χ1) is 10.4. The quantitative estimate of drug-likeness (QED) is 0.879. The van der Waals surface area contributed by atoms with Gasteiger partial charge < -0.3 is 10.6 Å². The van der Waals surface area contributed by atoms with E-state index in [0.717, 1.165) is 6.26 Å². The molecule has 7 heteroatoms. The maximum Gasteiger partial charge on any atom is 0.243 e. The van der Waals surface area contributed by atoms with E-state index < -0.39 is 9.84 Å². The molecule has 22 heavy (non-hydrogen) atoms. The standard InChI is InChI=1S/C15H15ClN2O3S/c1-22(20,21)12-6-4-5-11(9-12)17-10-15(19)18-14-8-3-2-7-13(14)16/h2-9,17H,10H2,1H3,(H,18,19). The van der Waals surface area contributed by atoms with E-state index in [2.05, 4.69) is 10.6 Å². The monoisotopic (exact) mass is 338 g/mol. The number of para-hydroxylation sites is 1. The molecule has 2 aromatic rings. The van der Waals surface area contributed by atoms with E-state index >= 15 is 0 Å². The number of rotatable bonds is 5. The molecular formula is C15H15ClN2O3S. The fourth-order valence-corrected chi connectivity index (χ4v) is 2.63. The Balaban J connectivity index is 1.99. The molecule has 2 aromatic carbocycles. The molecule has 1 amide bonds. The Bertz CT molecular complexity index is 791. The van der Waals surface area contributed by atoms with Crippen molar-refractivity contribution in [1.82, 2.24) is 0 Å². The van der Waals surface area contributed by atoms with Crippen molar-refractivity contribution in [3.05, 3.63) is 53.6 Å². The SMILES string of the molecule is CS(=O)(=O)c1cccc(NCC(=O)Nc2ccccc2Cl)c1. The second-order valence-corrected chi connectivity index (χ2v) is 7.10.